The molecule has 0 amide bonds. The summed E-state index contributed by atoms with van der Waals surface area (Å²) in [7, 11) is -1.96. The Balaban J connectivity index is 2.04. The Hall–Kier alpha value is -1.15. The Bertz CT molecular complexity index is 551. The zero-order chi connectivity index (χ0) is 15.3. The summed E-state index contributed by atoms with van der Waals surface area (Å²) in [5.41, 5.74) is 0.338. The smallest absolute Gasteiger partial charge is 0.240 e. The molecule has 1 heterocycles. The van der Waals surface area contributed by atoms with E-state index < -0.39 is 15.6 Å². The van der Waals surface area contributed by atoms with E-state index in [0.29, 0.717) is 19.6 Å². The molecule has 1 saturated heterocycles. The van der Waals surface area contributed by atoms with Gasteiger partial charge < -0.3 is 14.8 Å². The quantitative estimate of drug-likeness (QED) is 0.791. The molecule has 1 fully saturated rings. The van der Waals surface area contributed by atoms with Crippen LogP contribution in [0.1, 0.15) is 13.3 Å². The zero-order valence-electron chi connectivity index (χ0n) is 12.4. The number of hydrogen-bond acceptors (Lipinski definition) is 5. The van der Waals surface area contributed by atoms with E-state index in [9.17, 15) is 8.42 Å². The maximum atomic E-state index is 12.3. The molecule has 1 aliphatic rings. The first-order valence-corrected chi connectivity index (χ1v) is 8.46. The van der Waals surface area contributed by atoms with E-state index in [2.05, 4.69) is 10.0 Å². The fourth-order valence-electron chi connectivity index (χ4n) is 2.23. The highest BCUT2D eigenvalue weighted by atomic mass is 32.2. The number of hydrogen-bond donors (Lipinski definition) is 2. The van der Waals surface area contributed by atoms with Crippen molar-refractivity contribution in [2.75, 3.05) is 38.7 Å². The molecule has 1 atom stereocenters. The second kappa shape index (κ2) is 6.74. The number of ether oxygens (including phenoxy) is 2. The molecule has 1 unspecified atom stereocenters. The van der Waals surface area contributed by atoms with Gasteiger partial charge in [-0.05, 0) is 31.2 Å². The van der Waals surface area contributed by atoms with Crippen molar-refractivity contribution < 1.29 is 17.9 Å². The summed E-state index contributed by atoms with van der Waals surface area (Å²) >= 11 is 0. The van der Waals surface area contributed by atoms with Crippen molar-refractivity contribution in [3.63, 3.8) is 0 Å². The highest BCUT2D eigenvalue weighted by Gasteiger charge is 2.36. The number of rotatable bonds is 7. The second-order valence-electron chi connectivity index (χ2n) is 5.07. The lowest BCUT2D eigenvalue weighted by molar-refractivity contribution is -0.0120. The van der Waals surface area contributed by atoms with Gasteiger partial charge in [-0.25, -0.2) is 13.1 Å². The number of nitrogens with one attached hydrogen (secondary N) is 2. The normalized spacial score (nSPS) is 22.4. The van der Waals surface area contributed by atoms with Crippen molar-refractivity contribution in [3.05, 3.63) is 24.3 Å². The maximum absolute atomic E-state index is 12.3. The Morgan fingerprint density at radius 1 is 1.33 bits per heavy atom. The predicted octanol–water partition coefficient (Wildman–Crippen LogP) is 1.20. The molecule has 0 bridgehead atoms. The van der Waals surface area contributed by atoms with Gasteiger partial charge in [0, 0.05) is 38.9 Å². The van der Waals surface area contributed by atoms with Gasteiger partial charge >= 0.3 is 0 Å². The molecule has 7 heteroatoms. The molecule has 0 aromatic heterocycles. The summed E-state index contributed by atoms with van der Waals surface area (Å²) in [6.07, 6.45) is 0.686. The van der Waals surface area contributed by atoms with Crippen LogP contribution in [-0.2, 0) is 19.5 Å². The Kier molecular flexibility index (Phi) is 5.21. The second-order valence-corrected chi connectivity index (χ2v) is 6.84. The summed E-state index contributed by atoms with van der Waals surface area (Å²) < 4.78 is 37.9. The van der Waals surface area contributed by atoms with Crippen LogP contribution in [0.4, 0.5) is 5.69 Å². The third kappa shape index (κ3) is 3.94. The van der Waals surface area contributed by atoms with Crippen LogP contribution in [0.3, 0.4) is 0 Å². The first kappa shape index (κ1) is 16.2. The summed E-state index contributed by atoms with van der Waals surface area (Å²) in [6, 6.07) is 6.68. The molecular weight excluding hydrogens is 292 g/mol. The minimum atomic E-state index is -3.54. The van der Waals surface area contributed by atoms with Crippen LogP contribution in [-0.4, -0.2) is 47.4 Å². The van der Waals surface area contributed by atoms with Crippen LogP contribution in [0.25, 0.3) is 0 Å². The van der Waals surface area contributed by atoms with E-state index in [4.69, 9.17) is 9.47 Å². The Labute approximate surface area is 125 Å². The third-order valence-electron chi connectivity index (χ3n) is 3.63. The van der Waals surface area contributed by atoms with Gasteiger partial charge in [-0.2, -0.15) is 0 Å². The van der Waals surface area contributed by atoms with Gasteiger partial charge in [-0.3, -0.25) is 0 Å². The van der Waals surface area contributed by atoms with E-state index in [1.165, 1.54) is 0 Å². The first-order valence-electron chi connectivity index (χ1n) is 6.98. The molecule has 0 spiro atoms. The van der Waals surface area contributed by atoms with E-state index in [0.717, 1.165) is 12.2 Å². The molecule has 0 radical (unpaired) electrons. The third-order valence-corrected chi connectivity index (χ3v) is 5.05. The Morgan fingerprint density at radius 3 is 2.57 bits per heavy atom. The number of methoxy groups -OCH3 is 1. The summed E-state index contributed by atoms with van der Waals surface area (Å²) in [6.45, 7) is 3.99. The molecule has 2 N–H and O–H groups in total. The summed E-state index contributed by atoms with van der Waals surface area (Å²) in [5, 5.41) is 3.13. The number of benzene rings is 1. The highest BCUT2D eigenvalue weighted by molar-refractivity contribution is 7.89. The van der Waals surface area contributed by atoms with Gasteiger partial charge in [0.2, 0.25) is 10.0 Å². The summed E-state index contributed by atoms with van der Waals surface area (Å²) in [4.78, 5) is 0.245. The lowest BCUT2D eigenvalue weighted by Crippen LogP contribution is -2.44. The van der Waals surface area contributed by atoms with Crippen molar-refractivity contribution >= 4 is 15.7 Å². The van der Waals surface area contributed by atoms with Crippen molar-refractivity contribution in [2.24, 2.45) is 0 Å². The zero-order valence-corrected chi connectivity index (χ0v) is 13.2. The van der Waals surface area contributed by atoms with E-state index >= 15 is 0 Å². The standard InChI is InChI=1S/C14H22N2O4S/c1-3-15-12-4-6-13(7-5-12)21(17,18)16-10-14(19-2)8-9-20-11-14/h4-7,15-16H,3,8-11H2,1-2H3. The predicted molar refractivity (Wildman–Crippen MR) is 81.0 cm³/mol. The van der Waals surface area contributed by atoms with E-state index in [1.807, 2.05) is 6.92 Å². The Morgan fingerprint density at radius 2 is 2.05 bits per heavy atom. The molecule has 0 saturated carbocycles. The minimum absolute atomic E-state index is 0.209. The van der Waals surface area contributed by atoms with Crippen LogP contribution >= 0.6 is 0 Å². The topological polar surface area (TPSA) is 76.7 Å². The van der Waals surface area contributed by atoms with Gasteiger partial charge in [-0.15, -0.1) is 0 Å². The highest BCUT2D eigenvalue weighted by Crippen LogP contribution is 2.22. The monoisotopic (exact) mass is 314 g/mol. The van der Waals surface area contributed by atoms with Crippen molar-refractivity contribution in [2.45, 2.75) is 23.8 Å². The van der Waals surface area contributed by atoms with E-state index in [1.54, 1.807) is 31.4 Å². The fraction of sp³-hybridized carbons (Fsp3) is 0.571. The molecule has 118 valence electrons. The molecule has 1 aromatic carbocycles. The molecular formula is C14H22N2O4S. The molecule has 2 rings (SSSR count). The first-order chi connectivity index (χ1) is 10.0. The van der Waals surface area contributed by atoms with Crippen molar-refractivity contribution in [3.8, 4) is 0 Å². The van der Waals surface area contributed by atoms with Gasteiger partial charge in [0.05, 0.1) is 11.5 Å². The SMILES string of the molecule is CCNc1ccc(S(=O)(=O)NCC2(OC)CCOC2)cc1. The lowest BCUT2D eigenvalue weighted by atomic mass is 10.0. The minimum Gasteiger partial charge on any atom is -0.385 e. The molecule has 1 aliphatic heterocycles. The molecule has 0 aliphatic carbocycles. The maximum Gasteiger partial charge on any atom is 0.240 e. The van der Waals surface area contributed by atoms with Gasteiger partial charge in [-0.1, -0.05) is 0 Å². The van der Waals surface area contributed by atoms with E-state index in [-0.39, 0.29) is 11.4 Å². The fourth-order valence-corrected chi connectivity index (χ4v) is 3.34. The van der Waals surface area contributed by atoms with Gasteiger partial charge in [0.15, 0.2) is 0 Å². The van der Waals surface area contributed by atoms with Gasteiger partial charge in [0.1, 0.15) is 5.60 Å². The molecule has 1 aromatic rings. The average molecular weight is 314 g/mol. The van der Waals surface area contributed by atoms with Crippen LogP contribution in [0.2, 0.25) is 0 Å². The number of anilines is 1. The van der Waals surface area contributed by atoms with Crippen molar-refractivity contribution in [1.82, 2.24) is 4.72 Å². The van der Waals surface area contributed by atoms with Crippen LogP contribution < -0.4 is 10.0 Å². The van der Waals surface area contributed by atoms with Crippen molar-refractivity contribution in [1.29, 1.82) is 0 Å². The summed E-state index contributed by atoms with van der Waals surface area (Å²) in [5.74, 6) is 0. The van der Waals surface area contributed by atoms with Crippen LogP contribution in [0.15, 0.2) is 29.2 Å². The molecule has 21 heavy (non-hydrogen) atoms. The van der Waals surface area contributed by atoms with Gasteiger partial charge in [0.25, 0.3) is 0 Å². The largest absolute Gasteiger partial charge is 0.385 e. The van der Waals surface area contributed by atoms with Crippen LogP contribution in [0.5, 0.6) is 0 Å². The molecule has 6 nitrogen and oxygen atoms in total. The lowest BCUT2D eigenvalue weighted by Gasteiger charge is -2.25. The average Bonchev–Trinajstić information content (AvgIpc) is 2.96. The van der Waals surface area contributed by atoms with Crippen LogP contribution in [0, 0.1) is 0 Å². The number of sulfonamides is 1.